The zero-order chi connectivity index (χ0) is 20.0. The number of urea groups is 1. The van der Waals surface area contributed by atoms with Gasteiger partial charge in [0.2, 0.25) is 10.0 Å². The number of fused-ring (bicyclic) bond motifs is 3. The van der Waals surface area contributed by atoms with E-state index in [4.69, 9.17) is 0 Å². The van der Waals surface area contributed by atoms with Crippen molar-refractivity contribution in [2.24, 2.45) is 5.92 Å². The summed E-state index contributed by atoms with van der Waals surface area (Å²) in [5.41, 5.74) is 3.51. The second-order valence-electron chi connectivity index (χ2n) is 8.37. The van der Waals surface area contributed by atoms with Crippen LogP contribution in [0.2, 0.25) is 0 Å². The molecule has 0 aromatic heterocycles. The maximum atomic E-state index is 12.9. The molecule has 3 atom stereocenters. The number of hydrogen-bond donors (Lipinski definition) is 2. The van der Waals surface area contributed by atoms with Crippen molar-refractivity contribution < 1.29 is 13.2 Å². The fourth-order valence-corrected chi connectivity index (χ4v) is 6.40. The predicted octanol–water partition coefficient (Wildman–Crippen LogP) is 3.15. The van der Waals surface area contributed by atoms with Crippen molar-refractivity contribution in [3.8, 4) is 0 Å². The molecule has 2 aromatic carbocycles. The molecule has 0 radical (unpaired) electrons. The third kappa shape index (κ3) is 3.53. The van der Waals surface area contributed by atoms with Crippen LogP contribution in [0.4, 0.5) is 10.5 Å². The fourth-order valence-electron chi connectivity index (χ4n) is 5.10. The summed E-state index contributed by atoms with van der Waals surface area (Å²) < 4.78 is 28.3. The molecule has 6 nitrogen and oxygen atoms in total. The van der Waals surface area contributed by atoms with Gasteiger partial charge in [0, 0.05) is 18.3 Å². The highest BCUT2D eigenvalue weighted by molar-refractivity contribution is 7.89. The van der Waals surface area contributed by atoms with E-state index in [0.29, 0.717) is 12.5 Å². The van der Waals surface area contributed by atoms with Gasteiger partial charge in [0.15, 0.2) is 0 Å². The minimum absolute atomic E-state index is 0.104. The highest BCUT2D eigenvalue weighted by Crippen LogP contribution is 2.39. The molecule has 1 heterocycles. The minimum Gasteiger partial charge on any atom is -0.320 e. The standard InChI is InChI=1S/C22H25N3O3S/c26-22(23-18-10-9-16-5-4-6-17(16)13-18)25-14-15-11-20(21(25)12-15)24-29(27,28)19-7-2-1-3-8-19/h1-3,7-10,13,15,20-21,24H,4-6,11-12,14H2,(H,23,26). The van der Waals surface area contributed by atoms with Crippen LogP contribution in [0.3, 0.4) is 0 Å². The first kappa shape index (κ1) is 18.6. The zero-order valence-electron chi connectivity index (χ0n) is 16.2. The lowest BCUT2D eigenvalue weighted by atomic mass is 10.1. The van der Waals surface area contributed by atoms with Crippen molar-refractivity contribution >= 4 is 21.7 Å². The molecule has 1 aliphatic heterocycles. The summed E-state index contributed by atoms with van der Waals surface area (Å²) in [6.45, 7) is 0.686. The first-order valence-electron chi connectivity index (χ1n) is 10.3. The maximum absolute atomic E-state index is 12.9. The second-order valence-corrected chi connectivity index (χ2v) is 10.1. The van der Waals surface area contributed by atoms with E-state index in [0.717, 1.165) is 31.4 Å². The molecule has 1 saturated carbocycles. The molecule has 2 amide bonds. The highest BCUT2D eigenvalue weighted by Gasteiger charge is 2.48. The third-order valence-corrected chi connectivity index (χ3v) is 7.96. The predicted molar refractivity (Wildman–Crippen MR) is 111 cm³/mol. The number of hydrogen-bond acceptors (Lipinski definition) is 3. The quantitative estimate of drug-likeness (QED) is 0.811. The number of rotatable bonds is 4. The van der Waals surface area contributed by atoms with Gasteiger partial charge in [0.25, 0.3) is 0 Å². The number of benzene rings is 2. The van der Waals surface area contributed by atoms with Crippen LogP contribution in [0.15, 0.2) is 53.4 Å². The molecule has 7 heteroatoms. The van der Waals surface area contributed by atoms with Crippen LogP contribution in [0.1, 0.15) is 30.4 Å². The maximum Gasteiger partial charge on any atom is 0.322 e. The van der Waals surface area contributed by atoms with Crippen molar-refractivity contribution in [3.05, 3.63) is 59.7 Å². The Hall–Kier alpha value is -2.38. The van der Waals surface area contributed by atoms with Crippen molar-refractivity contribution in [2.45, 2.75) is 49.1 Å². The van der Waals surface area contributed by atoms with Crippen LogP contribution in [0.25, 0.3) is 0 Å². The number of carbonyl (C=O) groups is 1. The molecule has 2 aromatic rings. The Morgan fingerprint density at radius 1 is 1.00 bits per heavy atom. The molecular weight excluding hydrogens is 386 g/mol. The summed E-state index contributed by atoms with van der Waals surface area (Å²) in [5, 5.41) is 3.02. The molecule has 1 saturated heterocycles. The van der Waals surface area contributed by atoms with Crippen molar-refractivity contribution in [1.29, 1.82) is 0 Å². The first-order chi connectivity index (χ1) is 14.0. The Kier molecular flexibility index (Phi) is 4.59. The van der Waals surface area contributed by atoms with Gasteiger partial charge in [-0.2, -0.15) is 0 Å². The topological polar surface area (TPSA) is 78.5 Å². The van der Waals surface area contributed by atoms with E-state index in [-0.39, 0.29) is 23.0 Å². The number of nitrogens with zero attached hydrogens (tertiary/aromatic N) is 1. The Morgan fingerprint density at radius 3 is 2.59 bits per heavy atom. The summed E-state index contributed by atoms with van der Waals surface area (Å²) in [6.07, 6.45) is 4.98. The Labute approximate surface area is 171 Å². The van der Waals surface area contributed by atoms with Gasteiger partial charge in [0.05, 0.1) is 10.9 Å². The number of carbonyl (C=O) groups excluding carboxylic acids is 1. The minimum atomic E-state index is -3.59. The molecule has 2 aliphatic carbocycles. The number of piperidine rings is 1. The SMILES string of the molecule is O=C(Nc1ccc2c(c1)CCC2)N1CC2CC(NS(=O)(=O)c3ccccc3)C1C2. The monoisotopic (exact) mass is 411 g/mol. The largest absolute Gasteiger partial charge is 0.322 e. The van der Waals surface area contributed by atoms with E-state index in [1.54, 1.807) is 35.2 Å². The van der Waals surface area contributed by atoms with Crippen LogP contribution in [0.5, 0.6) is 0 Å². The molecular formula is C22H25N3O3S. The van der Waals surface area contributed by atoms with Gasteiger partial charge in [0.1, 0.15) is 0 Å². The number of aryl methyl sites for hydroxylation is 2. The van der Waals surface area contributed by atoms with Crippen LogP contribution >= 0.6 is 0 Å². The van der Waals surface area contributed by atoms with E-state index in [1.165, 1.54) is 17.5 Å². The molecule has 3 aliphatic rings. The lowest BCUT2D eigenvalue weighted by molar-refractivity contribution is 0.183. The second kappa shape index (κ2) is 7.15. The van der Waals surface area contributed by atoms with E-state index >= 15 is 0 Å². The summed E-state index contributed by atoms with van der Waals surface area (Å²) in [5.74, 6) is 0.342. The Morgan fingerprint density at radius 2 is 1.79 bits per heavy atom. The van der Waals surface area contributed by atoms with Gasteiger partial charge in [-0.15, -0.1) is 0 Å². The van der Waals surface area contributed by atoms with Crippen LogP contribution < -0.4 is 10.0 Å². The van der Waals surface area contributed by atoms with E-state index in [1.807, 2.05) is 6.07 Å². The van der Waals surface area contributed by atoms with Gasteiger partial charge in [-0.1, -0.05) is 24.3 Å². The van der Waals surface area contributed by atoms with Gasteiger partial charge in [-0.25, -0.2) is 17.9 Å². The summed E-state index contributed by atoms with van der Waals surface area (Å²) in [6, 6.07) is 14.1. The van der Waals surface area contributed by atoms with Gasteiger partial charge in [-0.3, -0.25) is 0 Å². The smallest absolute Gasteiger partial charge is 0.320 e. The Bertz CT molecular complexity index is 1040. The van der Waals surface area contributed by atoms with Crippen molar-refractivity contribution in [3.63, 3.8) is 0 Å². The molecule has 2 N–H and O–H groups in total. The summed E-state index contributed by atoms with van der Waals surface area (Å²) in [7, 11) is -3.59. The van der Waals surface area contributed by atoms with E-state index in [9.17, 15) is 13.2 Å². The number of amides is 2. The molecule has 0 spiro atoms. The normalized spacial score (nSPS) is 25.2. The lowest BCUT2D eigenvalue weighted by Gasteiger charge is -2.33. The molecule has 29 heavy (non-hydrogen) atoms. The van der Waals surface area contributed by atoms with Gasteiger partial charge >= 0.3 is 6.03 Å². The molecule has 5 rings (SSSR count). The van der Waals surface area contributed by atoms with E-state index < -0.39 is 10.0 Å². The molecule has 2 fully saturated rings. The van der Waals surface area contributed by atoms with Crippen LogP contribution in [-0.2, 0) is 22.9 Å². The molecule has 3 unspecified atom stereocenters. The number of anilines is 1. The fraction of sp³-hybridized carbons (Fsp3) is 0.409. The Balaban J connectivity index is 1.28. The summed E-state index contributed by atoms with van der Waals surface area (Å²) in [4.78, 5) is 15.0. The van der Waals surface area contributed by atoms with Crippen LogP contribution in [-0.4, -0.2) is 38.0 Å². The first-order valence-corrected chi connectivity index (χ1v) is 11.7. The van der Waals surface area contributed by atoms with Crippen LogP contribution in [0, 0.1) is 5.92 Å². The average Bonchev–Trinajstić information content (AvgIpc) is 3.43. The van der Waals surface area contributed by atoms with Crippen molar-refractivity contribution in [2.75, 3.05) is 11.9 Å². The summed E-state index contributed by atoms with van der Waals surface area (Å²) >= 11 is 0. The van der Waals surface area contributed by atoms with E-state index in [2.05, 4.69) is 22.2 Å². The average molecular weight is 412 g/mol. The number of likely N-dealkylation sites (tertiary alicyclic amines) is 1. The zero-order valence-corrected chi connectivity index (χ0v) is 17.0. The molecule has 152 valence electrons. The number of nitrogens with one attached hydrogen (secondary N) is 2. The van der Waals surface area contributed by atoms with Gasteiger partial charge < -0.3 is 10.2 Å². The highest BCUT2D eigenvalue weighted by atomic mass is 32.2. The lowest BCUT2D eigenvalue weighted by Crippen LogP contribution is -2.52. The van der Waals surface area contributed by atoms with Crippen molar-refractivity contribution in [1.82, 2.24) is 9.62 Å². The third-order valence-electron chi connectivity index (χ3n) is 6.45. The van der Waals surface area contributed by atoms with Gasteiger partial charge in [-0.05, 0) is 73.4 Å². The number of sulfonamides is 1. The molecule has 2 bridgehead atoms.